The summed E-state index contributed by atoms with van der Waals surface area (Å²) in [7, 11) is -3.17. The number of sulfonamides is 1. The van der Waals surface area contributed by atoms with E-state index in [1.54, 1.807) is 0 Å². The topological polar surface area (TPSA) is 72.2 Å². The van der Waals surface area contributed by atoms with E-state index < -0.39 is 10.0 Å². The summed E-state index contributed by atoms with van der Waals surface area (Å²) < 4.78 is 26.2. The van der Waals surface area contributed by atoms with Gasteiger partial charge in [0.2, 0.25) is 10.0 Å². The van der Waals surface area contributed by atoms with Crippen molar-refractivity contribution in [1.82, 2.24) is 4.72 Å². The highest BCUT2D eigenvalue weighted by molar-refractivity contribution is 7.88. The van der Waals surface area contributed by atoms with Crippen LogP contribution in [0.5, 0.6) is 0 Å². The molecule has 0 unspecified atom stereocenters. The normalized spacial score (nSPS) is 48.6. The van der Waals surface area contributed by atoms with E-state index in [-0.39, 0.29) is 5.54 Å². The monoisotopic (exact) mass is 258 g/mol. The van der Waals surface area contributed by atoms with Gasteiger partial charge in [-0.3, -0.25) is 0 Å². The summed E-state index contributed by atoms with van der Waals surface area (Å²) >= 11 is 0. The zero-order chi connectivity index (χ0) is 12.3. The molecule has 4 nitrogen and oxygen atoms in total. The molecule has 4 fully saturated rings. The quantitative estimate of drug-likeness (QED) is 0.782. The molecule has 4 aliphatic rings. The second-order valence-corrected chi connectivity index (χ2v) is 8.17. The van der Waals surface area contributed by atoms with E-state index in [0.29, 0.717) is 18.4 Å². The Bertz CT molecular complexity index is 390. The lowest BCUT2D eigenvalue weighted by molar-refractivity contribution is -0.0586. The van der Waals surface area contributed by atoms with Gasteiger partial charge in [0.05, 0.1) is 11.8 Å². The predicted octanol–water partition coefficient (Wildman–Crippen LogP) is 0.689. The third-order valence-corrected chi connectivity index (χ3v) is 6.06. The Labute approximate surface area is 103 Å². The Morgan fingerprint density at radius 3 is 1.94 bits per heavy atom. The minimum atomic E-state index is -3.17. The summed E-state index contributed by atoms with van der Waals surface area (Å²) in [6.07, 6.45) is 7.32. The minimum absolute atomic E-state index is 0.332. The van der Waals surface area contributed by atoms with Gasteiger partial charge < -0.3 is 5.73 Å². The lowest BCUT2D eigenvalue weighted by Gasteiger charge is -2.60. The Hall–Kier alpha value is -0.130. The van der Waals surface area contributed by atoms with E-state index in [1.165, 1.54) is 38.4 Å². The maximum absolute atomic E-state index is 11.6. The van der Waals surface area contributed by atoms with Gasteiger partial charge >= 0.3 is 0 Å². The number of hydrogen-bond donors (Lipinski definition) is 2. The van der Waals surface area contributed by atoms with Crippen molar-refractivity contribution in [2.75, 3.05) is 12.8 Å². The minimum Gasteiger partial charge on any atom is -0.329 e. The molecular weight excluding hydrogens is 236 g/mol. The predicted molar refractivity (Wildman–Crippen MR) is 66.8 cm³/mol. The highest BCUT2D eigenvalue weighted by atomic mass is 32.2. The van der Waals surface area contributed by atoms with Gasteiger partial charge in [-0.2, -0.15) is 0 Å². The fourth-order valence-corrected chi connectivity index (χ4v) is 6.02. The van der Waals surface area contributed by atoms with Crippen molar-refractivity contribution in [2.45, 2.75) is 37.6 Å². The van der Waals surface area contributed by atoms with Gasteiger partial charge in [0.15, 0.2) is 0 Å². The van der Waals surface area contributed by atoms with Crippen LogP contribution in [0.3, 0.4) is 0 Å². The zero-order valence-corrected chi connectivity index (χ0v) is 11.2. The molecule has 4 aliphatic carbocycles. The van der Waals surface area contributed by atoms with Crippen molar-refractivity contribution < 1.29 is 8.42 Å². The van der Waals surface area contributed by atoms with Gasteiger partial charge in [-0.05, 0) is 55.8 Å². The van der Waals surface area contributed by atoms with Crippen LogP contribution < -0.4 is 10.5 Å². The van der Waals surface area contributed by atoms with E-state index >= 15 is 0 Å². The summed E-state index contributed by atoms with van der Waals surface area (Å²) in [5.74, 6) is 2.61. The van der Waals surface area contributed by atoms with Crippen LogP contribution in [0.15, 0.2) is 0 Å². The number of hydrogen-bond acceptors (Lipinski definition) is 3. The Kier molecular flexibility index (Phi) is 2.58. The van der Waals surface area contributed by atoms with Gasteiger partial charge in [-0.25, -0.2) is 13.1 Å². The highest BCUT2D eigenvalue weighted by Gasteiger charge is 2.57. The third kappa shape index (κ3) is 1.83. The van der Waals surface area contributed by atoms with E-state index in [9.17, 15) is 8.42 Å². The maximum Gasteiger partial charge on any atom is 0.209 e. The number of nitrogens with one attached hydrogen (secondary N) is 1. The molecule has 4 rings (SSSR count). The first-order chi connectivity index (χ1) is 7.93. The molecule has 98 valence electrons. The van der Waals surface area contributed by atoms with Crippen molar-refractivity contribution in [3.63, 3.8) is 0 Å². The molecule has 0 amide bonds. The third-order valence-electron chi connectivity index (χ3n) is 5.31. The molecule has 0 heterocycles. The lowest BCUT2D eigenvalue weighted by Crippen LogP contribution is -2.69. The zero-order valence-electron chi connectivity index (χ0n) is 10.4. The standard InChI is InChI=1S/C12H22N2O2S/c1-17(15,16)14-12(7-13)10-3-8-2-9(5-10)6-11(12)4-8/h8-11,14H,2-7,13H2,1H3. The van der Waals surface area contributed by atoms with E-state index in [1.807, 2.05) is 0 Å². The molecule has 5 heteroatoms. The van der Waals surface area contributed by atoms with Crippen LogP contribution in [0.4, 0.5) is 0 Å². The molecule has 17 heavy (non-hydrogen) atoms. The van der Waals surface area contributed by atoms with E-state index in [4.69, 9.17) is 5.73 Å². The molecule has 0 aromatic carbocycles. The summed E-state index contributed by atoms with van der Waals surface area (Å²) in [6, 6.07) is 0. The molecular formula is C12H22N2O2S. The molecule has 3 N–H and O–H groups in total. The molecule has 0 saturated heterocycles. The van der Waals surface area contributed by atoms with Crippen LogP contribution in [-0.4, -0.2) is 26.8 Å². The van der Waals surface area contributed by atoms with Crippen LogP contribution in [0.25, 0.3) is 0 Å². The molecule has 0 radical (unpaired) electrons. The fraction of sp³-hybridized carbons (Fsp3) is 1.00. The lowest BCUT2D eigenvalue weighted by atomic mass is 9.49. The van der Waals surface area contributed by atoms with Crippen LogP contribution >= 0.6 is 0 Å². The molecule has 0 spiro atoms. The van der Waals surface area contributed by atoms with Gasteiger partial charge in [0.25, 0.3) is 0 Å². The molecule has 0 aliphatic heterocycles. The van der Waals surface area contributed by atoms with Crippen molar-refractivity contribution in [1.29, 1.82) is 0 Å². The smallest absolute Gasteiger partial charge is 0.209 e. The van der Waals surface area contributed by atoms with Crippen LogP contribution in [0.2, 0.25) is 0 Å². The molecule has 0 aromatic rings. The average molecular weight is 258 g/mol. The molecule has 4 bridgehead atoms. The summed E-state index contributed by atoms with van der Waals surface area (Å²) in [6.45, 7) is 0.453. The summed E-state index contributed by atoms with van der Waals surface area (Å²) in [4.78, 5) is 0. The van der Waals surface area contributed by atoms with Gasteiger partial charge in [0.1, 0.15) is 0 Å². The number of rotatable bonds is 3. The Balaban J connectivity index is 1.94. The van der Waals surface area contributed by atoms with Gasteiger partial charge in [-0.15, -0.1) is 0 Å². The van der Waals surface area contributed by atoms with Crippen LogP contribution in [0.1, 0.15) is 32.1 Å². The van der Waals surface area contributed by atoms with Gasteiger partial charge in [0, 0.05) is 6.54 Å². The van der Waals surface area contributed by atoms with E-state index in [2.05, 4.69) is 4.72 Å². The first-order valence-electron chi connectivity index (χ1n) is 6.62. The Morgan fingerprint density at radius 1 is 1.12 bits per heavy atom. The van der Waals surface area contributed by atoms with Crippen molar-refractivity contribution in [2.24, 2.45) is 29.4 Å². The first kappa shape index (κ1) is 11.9. The highest BCUT2D eigenvalue weighted by Crippen LogP contribution is 2.58. The molecule has 4 saturated carbocycles. The Morgan fingerprint density at radius 2 is 1.59 bits per heavy atom. The van der Waals surface area contributed by atoms with Crippen molar-refractivity contribution >= 4 is 10.0 Å². The van der Waals surface area contributed by atoms with Crippen molar-refractivity contribution in [3.05, 3.63) is 0 Å². The number of nitrogens with two attached hydrogens (primary N) is 1. The maximum atomic E-state index is 11.6. The van der Waals surface area contributed by atoms with Crippen LogP contribution in [0, 0.1) is 23.7 Å². The largest absolute Gasteiger partial charge is 0.329 e. The second kappa shape index (κ2) is 3.68. The van der Waals surface area contributed by atoms with Crippen molar-refractivity contribution in [3.8, 4) is 0 Å². The molecule has 0 atom stereocenters. The first-order valence-corrected chi connectivity index (χ1v) is 8.51. The molecule has 0 aromatic heterocycles. The summed E-state index contributed by atoms with van der Waals surface area (Å²) in [5.41, 5.74) is 5.64. The summed E-state index contributed by atoms with van der Waals surface area (Å²) in [5, 5.41) is 0. The fourth-order valence-electron chi connectivity index (χ4n) is 4.91. The average Bonchev–Trinajstić information content (AvgIpc) is 2.21. The second-order valence-electron chi connectivity index (χ2n) is 6.42. The van der Waals surface area contributed by atoms with E-state index in [0.717, 1.165) is 11.8 Å². The SMILES string of the molecule is CS(=O)(=O)NC1(CN)C2CC3CC(C2)CC1C3. The van der Waals surface area contributed by atoms with Crippen LogP contribution in [-0.2, 0) is 10.0 Å². The van der Waals surface area contributed by atoms with Gasteiger partial charge in [-0.1, -0.05) is 0 Å².